The van der Waals surface area contributed by atoms with Gasteiger partial charge in [-0.2, -0.15) is 0 Å². The third kappa shape index (κ3) is 3.67. The molecule has 1 fully saturated rings. The number of fused-ring (bicyclic) bond motifs is 1. The van der Waals surface area contributed by atoms with Crippen molar-refractivity contribution in [2.24, 2.45) is 0 Å². The molecule has 0 radical (unpaired) electrons. The number of carbonyl (C=O) groups is 1. The molecule has 0 unspecified atom stereocenters. The highest BCUT2D eigenvalue weighted by molar-refractivity contribution is 7.92. The monoisotopic (exact) mass is 427 g/mol. The minimum absolute atomic E-state index is 0.0175. The Balaban J connectivity index is 1.48. The van der Waals surface area contributed by atoms with E-state index >= 15 is 0 Å². The zero-order chi connectivity index (χ0) is 21.6. The van der Waals surface area contributed by atoms with Gasteiger partial charge < -0.3 is 9.80 Å². The van der Waals surface area contributed by atoms with Crippen LogP contribution in [0.2, 0.25) is 0 Å². The molecule has 2 heterocycles. The SMILES string of the molecule is Cc1cccc(N2CCN(C(=O)c3ccc4c(c3)C[C@@H](C)N4S(C)(=O)=O)CC2)c1C. The normalized spacial score (nSPS) is 19.2. The zero-order valence-electron chi connectivity index (χ0n) is 18.1. The molecule has 0 saturated carbocycles. The van der Waals surface area contributed by atoms with Crippen molar-refractivity contribution in [3.05, 3.63) is 58.7 Å². The van der Waals surface area contributed by atoms with Gasteiger partial charge in [0.25, 0.3) is 5.91 Å². The minimum Gasteiger partial charge on any atom is -0.368 e. The van der Waals surface area contributed by atoms with Gasteiger partial charge in [0.1, 0.15) is 0 Å². The van der Waals surface area contributed by atoms with Crippen molar-refractivity contribution in [2.45, 2.75) is 33.2 Å². The average Bonchev–Trinajstić information content (AvgIpc) is 3.05. The van der Waals surface area contributed by atoms with E-state index in [9.17, 15) is 13.2 Å². The van der Waals surface area contributed by atoms with Gasteiger partial charge in [0.2, 0.25) is 10.0 Å². The molecule has 1 atom stereocenters. The van der Waals surface area contributed by atoms with Gasteiger partial charge in [0.05, 0.1) is 11.9 Å². The highest BCUT2D eigenvalue weighted by Crippen LogP contribution is 2.35. The summed E-state index contributed by atoms with van der Waals surface area (Å²) in [7, 11) is -3.33. The third-order valence-corrected chi connectivity index (χ3v) is 7.59. The molecule has 1 amide bonds. The second-order valence-electron chi connectivity index (χ2n) is 8.45. The van der Waals surface area contributed by atoms with E-state index in [-0.39, 0.29) is 11.9 Å². The van der Waals surface area contributed by atoms with Gasteiger partial charge in [-0.1, -0.05) is 12.1 Å². The van der Waals surface area contributed by atoms with Crippen LogP contribution in [-0.2, 0) is 16.4 Å². The standard InChI is InChI=1S/C23H29N3O3S/c1-16-6-5-7-21(18(16)3)24-10-12-25(13-11-24)23(27)19-8-9-22-20(15-19)14-17(2)26(22)30(4,28)29/h5-9,15,17H,10-14H2,1-4H3/t17-/m1/s1. The maximum atomic E-state index is 13.1. The van der Waals surface area contributed by atoms with E-state index in [0.29, 0.717) is 30.8 Å². The summed E-state index contributed by atoms with van der Waals surface area (Å²) >= 11 is 0. The van der Waals surface area contributed by atoms with Crippen LogP contribution in [0, 0.1) is 13.8 Å². The third-order valence-electron chi connectivity index (χ3n) is 6.32. The van der Waals surface area contributed by atoms with Gasteiger partial charge in [-0.05, 0) is 68.1 Å². The number of carbonyl (C=O) groups excluding carboxylic acids is 1. The second kappa shape index (κ2) is 7.61. The Morgan fingerprint density at radius 2 is 1.70 bits per heavy atom. The van der Waals surface area contributed by atoms with Gasteiger partial charge in [-0.15, -0.1) is 0 Å². The Labute approximate surface area is 179 Å². The van der Waals surface area contributed by atoms with Crippen LogP contribution in [-0.4, -0.2) is 57.7 Å². The van der Waals surface area contributed by atoms with E-state index in [0.717, 1.165) is 18.7 Å². The molecule has 0 aliphatic carbocycles. The quantitative estimate of drug-likeness (QED) is 0.756. The first-order chi connectivity index (χ1) is 14.2. The van der Waals surface area contributed by atoms with Crippen molar-refractivity contribution in [3.63, 3.8) is 0 Å². The molecule has 2 aromatic rings. The van der Waals surface area contributed by atoms with E-state index < -0.39 is 10.0 Å². The highest BCUT2D eigenvalue weighted by Gasteiger charge is 2.33. The van der Waals surface area contributed by atoms with Gasteiger partial charge in [-0.3, -0.25) is 9.10 Å². The fourth-order valence-electron chi connectivity index (χ4n) is 4.65. The number of anilines is 2. The Morgan fingerprint density at radius 3 is 2.37 bits per heavy atom. The highest BCUT2D eigenvalue weighted by atomic mass is 32.2. The van der Waals surface area contributed by atoms with Crippen molar-refractivity contribution in [3.8, 4) is 0 Å². The lowest BCUT2D eigenvalue weighted by atomic mass is 10.0. The van der Waals surface area contributed by atoms with Crippen LogP contribution in [0.1, 0.15) is 34.0 Å². The largest absolute Gasteiger partial charge is 0.368 e. The summed E-state index contributed by atoms with van der Waals surface area (Å²) in [6.45, 7) is 9.13. The van der Waals surface area contributed by atoms with E-state index in [1.807, 2.05) is 17.9 Å². The lowest BCUT2D eigenvalue weighted by Gasteiger charge is -2.37. The number of rotatable bonds is 3. The molecule has 6 nitrogen and oxygen atoms in total. The summed E-state index contributed by atoms with van der Waals surface area (Å²) in [5.41, 5.74) is 6.07. The summed E-state index contributed by atoms with van der Waals surface area (Å²) in [6.07, 6.45) is 1.86. The summed E-state index contributed by atoms with van der Waals surface area (Å²) in [5, 5.41) is 0. The number of amides is 1. The number of aryl methyl sites for hydroxylation is 1. The minimum atomic E-state index is -3.33. The first kappa shape index (κ1) is 20.7. The topological polar surface area (TPSA) is 60.9 Å². The number of nitrogens with zero attached hydrogens (tertiary/aromatic N) is 3. The van der Waals surface area contributed by atoms with Crippen LogP contribution in [0.25, 0.3) is 0 Å². The Morgan fingerprint density at radius 1 is 1.00 bits per heavy atom. The molecule has 30 heavy (non-hydrogen) atoms. The van der Waals surface area contributed by atoms with Crippen LogP contribution in [0.3, 0.4) is 0 Å². The zero-order valence-corrected chi connectivity index (χ0v) is 18.9. The Hall–Kier alpha value is -2.54. The number of sulfonamides is 1. The number of hydrogen-bond donors (Lipinski definition) is 0. The molecule has 2 aromatic carbocycles. The van der Waals surface area contributed by atoms with E-state index in [2.05, 4.69) is 36.9 Å². The Bertz CT molecular complexity index is 1090. The van der Waals surface area contributed by atoms with Crippen LogP contribution in [0.4, 0.5) is 11.4 Å². The molecule has 1 saturated heterocycles. The molecule has 2 aliphatic heterocycles. The fraction of sp³-hybridized carbons (Fsp3) is 0.435. The van der Waals surface area contributed by atoms with E-state index in [4.69, 9.17) is 0 Å². The molecule has 2 aliphatic rings. The fourth-order valence-corrected chi connectivity index (χ4v) is 5.92. The van der Waals surface area contributed by atoms with Gasteiger partial charge >= 0.3 is 0 Å². The number of hydrogen-bond acceptors (Lipinski definition) is 4. The molecule has 160 valence electrons. The van der Waals surface area contributed by atoms with Crippen molar-refractivity contribution < 1.29 is 13.2 Å². The summed E-state index contributed by atoms with van der Waals surface area (Å²) in [6, 6.07) is 11.6. The lowest BCUT2D eigenvalue weighted by molar-refractivity contribution is 0.0746. The molecule has 4 rings (SSSR count). The molecule has 0 aromatic heterocycles. The van der Waals surface area contributed by atoms with E-state index in [1.165, 1.54) is 27.4 Å². The smallest absolute Gasteiger partial charge is 0.253 e. The van der Waals surface area contributed by atoms with Crippen molar-refractivity contribution in [2.75, 3.05) is 41.6 Å². The molecule has 0 bridgehead atoms. The van der Waals surface area contributed by atoms with Crippen molar-refractivity contribution >= 4 is 27.3 Å². The first-order valence-corrected chi connectivity index (χ1v) is 12.2. The van der Waals surface area contributed by atoms with Crippen molar-refractivity contribution in [1.82, 2.24) is 4.90 Å². The maximum absolute atomic E-state index is 13.1. The van der Waals surface area contributed by atoms with Crippen LogP contribution >= 0.6 is 0 Å². The first-order valence-electron chi connectivity index (χ1n) is 10.4. The Kier molecular flexibility index (Phi) is 5.26. The van der Waals surface area contributed by atoms with Gasteiger partial charge in [0, 0.05) is 43.5 Å². The molecular formula is C23H29N3O3S. The summed E-state index contributed by atoms with van der Waals surface area (Å²) < 4.78 is 25.7. The lowest BCUT2D eigenvalue weighted by Crippen LogP contribution is -2.49. The number of piperazine rings is 1. The van der Waals surface area contributed by atoms with Crippen molar-refractivity contribution in [1.29, 1.82) is 0 Å². The second-order valence-corrected chi connectivity index (χ2v) is 10.3. The number of benzene rings is 2. The van der Waals surface area contributed by atoms with Crippen LogP contribution < -0.4 is 9.21 Å². The van der Waals surface area contributed by atoms with Gasteiger partial charge in [-0.25, -0.2) is 8.42 Å². The summed E-state index contributed by atoms with van der Waals surface area (Å²) in [5.74, 6) is 0.0175. The molecule has 7 heteroatoms. The maximum Gasteiger partial charge on any atom is 0.253 e. The predicted octanol–water partition coefficient (Wildman–Crippen LogP) is 2.98. The average molecular weight is 428 g/mol. The molecule has 0 spiro atoms. The van der Waals surface area contributed by atoms with Crippen LogP contribution in [0.5, 0.6) is 0 Å². The van der Waals surface area contributed by atoms with E-state index in [1.54, 1.807) is 12.1 Å². The predicted molar refractivity (Wildman–Crippen MR) is 121 cm³/mol. The molecule has 0 N–H and O–H groups in total. The van der Waals surface area contributed by atoms with Crippen LogP contribution in [0.15, 0.2) is 36.4 Å². The van der Waals surface area contributed by atoms with Gasteiger partial charge in [0.15, 0.2) is 0 Å². The molecular weight excluding hydrogens is 398 g/mol. The summed E-state index contributed by atoms with van der Waals surface area (Å²) in [4.78, 5) is 17.3.